The summed E-state index contributed by atoms with van der Waals surface area (Å²) in [6.45, 7) is 7.17. The minimum Gasteiger partial charge on any atom is -0.486 e. The van der Waals surface area contributed by atoms with Crippen LogP contribution in [0.4, 0.5) is 0 Å². The van der Waals surface area contributed by atoms with Crippen LogP contribution < -0.4 is 10.1 Å². The van der Waals surface area contributed by atoms with Crippen LogP contribution in [-0.2, 0) is 4.79 Å². The Morgan fingerprint density at radius 1 is 1.12 bits per heavy atom. The summed E-state index contributed by atoms with van der Waals surface area (Å²) in [4.78, 5) is 38.9. The van der Waals surface area contributed by atoms with E-state index in [1.54, 1.807) is 0 Å². The molecule has 0 aliphatic carbocycles. The third-order valence-electron chi connectivity index (χ3n) is 6.53. The van der Waals surface area contributed by atoms with Gasteiger partial charge in [0.25, 0.3) is 0 Å². The van der Waals surface area contributed by atoms with Crippen molar-refractivity contribution in [3.8, 4) is 5.75 Å². The number of hydrogen-bond donors (Lipinski definition) is 1. The topological polar surface area (TPSA) is 75.7 Å². The number of ether oxygens (including phenoxy) is 1. The summed E-state index contributed by atoms with van der Waals surface area (Å²) in [5.74, 6) is 0.821. The summed E-state index contributed by atoms with van der Waals surface area (Å²) < 4.78 is 6.32. The van der Waals surface area contributed by atoms with Crippen LogP contribution in [0.3, 0.4) is 0 Å². The van der Waals surface area contributed by atoms with Crippen LogP contribution in [-0.4, -0.2) is 47.6 Å². The van der Waals surface area contributed by atoms with Crippen molar-refractivity contribution in [1.82, 2.24) is 10.2 Å². The zero-order valence-corrected chi connectivity index (χ0v) is 18.9. The molecule has 2 heterocycles. The molecule has 0 bridgehead atoms. The highest BCUT2D eigenvalue weighted by Gasteiger charge is 2.43. The van der Waals surface area contributed by atoms with E-state index in [1.165, 1.54) is 6.92 Å². The van der Waals surface area contributed by atoms with E-state index in [9.17, 15) is 14.4 Å². The number of amides is 1. The number of fused-ring (bicyclic) bond motifs is 1. The first-order valence-electron chi connectivity index (χ1n) is 11.2. The van der Waals surface area contributed by atoms with Gasteiger partial charge in [-0.15, -0.1) is 0 Å². The zero-order valence-electron chi connectivity index (χ0n) is 18.9. The summed E-state index contributed by atoms with van der Waals surface area (Å²) >= 11 is 0. The first-order valence-corrected chi connectivity index (χ1v) is 11.2. The fourth-order valence-electron chi connectivity index (χ4n) is 4.65. The third-order valence-corrected chi connectivity index (χ3v) is 6.53. The lowest BCUT2D eigenvalue weighted by Gasteiger charge is -2.43. The highest BCUT2D eigenvalue weighted by atomic mass is 16.5. The summed E-state index contributed by atoms with van der Waals surface area (Å²) in [5.41, 5.74) is 2.91. The molecule has 2 aliphatic rings. The van der Waals surface area contributed by atoms with Gasteiger partial charge in [-0.2, -0.15) is 0 Å². The van der Waals surface area contributed by atoms with Crippen molar-refractivity contribution in [2.24, 2.45) is 0 Å². The van der Waals surface area contributed by atoms with Gasteiger partial charge in [0.15, 0.2) is 11.6 Å². The van der Waals surface area contributed by atoms with Crippen LogP contribution in [0.5, 0.6) is 5.75 Å². The lowest BCUT2D eigenvalue weighted by atomic mass is 9.82. The molecule has 2 aromatic rings. The van der Waals surface area contributed by atoms with Gasteiger partial charge in [0, 0.05) is 38.4 Å². The van der Waals surface area contributed by atoms with Crippen molar-refractivity contribution in [2.45, 2.75) is 51.7 Å². The van der Waals surface area contributed by atoms with Gasteiger partial charge in [-0.1, -0.05) is 35.9 Å². The number of hydrogen-bond acceptors (Lipinski definition) is 5. The molecule has 6 heteroatoms. The highest BCUT2D eigenvalue weighted by molar-refractivity contribution is 6.00. The number of benzene rings is 2. The molecule has 1 saturated heterocycles. The molecule has 1 amide bonds. The first kappa shape index (κ1) is 22.2. The Morgan fingerprint density at radius 2 is 1.81 bits per heavy atom. The average Bonchev–Trinajstić information content (AvgIpc) is 2.76. The monoisotopic (exact) mass is 434 g/mol. The molecular formula is C26H30N2O4. The van der Waals surface area contributed by atoms with E-state index in [4.69, 9.17) is 4.74 Å². The number of rotatable bonds is 5. The smallest absolute Gasteiger partial charge is 0.217 e. The molecule has 1 spiro atoms. The standard InChI is InChI=1S/C26H30N2O4/c1-17-4-9-25-22(14-17)23(30)15-26(32-25)10-12-28(13-11-26)16-24(31)21-7-5-20(6-8-21)18(2)27-19(3)29/h4-9,14,18H,10-13,15-16H2,1-3H3,(H,27,29)/t18-/m1/s1. The SMILES string of the molecule is CC(=O)N[C@H](C)c1ccc(C(=O)CN2CCC3(CC2)CC(=O)c2cc(C)ccc2O3)cc1. The fraction of sp³-hybridized carbons (Fsp3) is 0.423. The van der Waals surface area contributed by atoms with Gasteiger partial charge in [-0.05, 0) is 31.5 Å². The van der Waals surface area contributed by atoms with Gasteiger partial charge in [-0.3, -0.25) is 19.3 Å². The molecule has 1 N–H and O–H groups in total. The first-order chi connectivity index (χ1) is 15.2. The second-order valence-corrected chi connectivity index (χ2v) is 9.13. The predicted octanol–water partition coefficient (Wildman–Crippen LogP) is 3.87. The van der Waals surface area contributed by atoms with Crippen molar-refractivity contribution >= 4 is 17.5 Å². The lowest BCUT2D eigenvalue weighted by Crippen LogP contribution is -2.51. The number of Topliss-reactive ketones (excluding diaryl/α,β-unsaturated/α-hetero) is 2. The third kappa shape index (κ3) is 4.75. The van der Waals surface area contributed by atoms with E-state index in [1.807, 2.05) is 56.3 Å². The van der Waals surface area contributed by atoms with E-state index in [0.29, 0.717) is 29.8 Å². The van der Waals surface area contributed by atoms with Gasteiger partial charge in [0.2, 0.25) is 5.91 Å². The maximum atomic E-state index is 12.8. The average molecular weight is 435 g/mol. The number of likely N-dealkylation sites (tertiary alicyclic amines) is 1. The largest absolute Gasteiger partial charge is 0.486 e. The van der Waals surface area contributed by atoms with E-state index < -0.39 is 5.60 Å². The molecular weight excluding hydrogens is 404 g/mol. The number of carbonyl (C=O) groups excluding carboxylic acids is 3. The summed E-state index contributed by atoms with van der Waals surface area (Å²) in [7, 11) is 0. The molecule has 0 saturated carbocycles. The predicted molar refractivity (Wildman–Crippen MR) is 122 cm³/mol. The van der Waals surface area contributed by atoms with Crippen LogP contribution in [0.1, 0.15) is 71.0 Å². The molecule has 168 valence electrons. The molecule has 6 nitrogen and oxygen atoms in total. The van der Waals surface area contributed by atoms with Crippen molar-refractivity contribution in [3.63, 3.8) is 0 Å². The van der Waals surface area contributed by atoms with Crippen LogP contribution in [0.25, 0.3) is 0 Å². The van der Waals surface area contributed by atoms with Crippen molar-refractivity contribution in [2.75, 3.05) is 19.6 Å². The molecule has 32 heavy (non-hydrogen) atoms. The van der Waals surface area contributed by atoms with E-state index in [0.717, 1.165) is 37.1 Å². The van der Waals surface area contributed by atoms with Gasteiger partial charge >= 0.3 is 0 Å². The number of ketones is 2. The summed E-state index contributed by atoms with van der Waals surface area (Å²) in [6, 6.07) is 13.1. The minimum absolute atomic E-state index is 0.0705. The summed E-state index contributed by atoms with van der Waals surface area (Å²) in [6.07, 6.45) is 1.86. The fourth-order valence-corrected chi connectivity index (χ4v) is 4.65. The van der Waals surface area contributed by atoms with Crippen LogP contribution in [0.15, 0.2) is 42.5 Å². The Balaban J connectivity index is 1.34. The van der Waals surface area contributed by atoms with Crippen molar-refractivity contribution in [1.29, 1.82) is 0 Å². The van der Waals surface area contributed by atoms with Crippen molar-refractivity contribution < 1.29 is 19.1 Å². The minimum atomic E-state index is -0.458. The highest BCUT2D eigenvalue weighted by Crippen LogP contribution is 2.39. The number of carbonyl (C=O) groups is 3. The van der Waals surface area contributed by atoms with Crippen molar-refractivity contribution in [3.05, 3.63) is 64.7 Å². The molecule has 2 aromatic carbocycles. The van der Waals surface area contributed by atoms with E-state index in [-0.39, 0.29) is 23.5 Å². The molecule has 1 atom stereocenters. The van der Waals surface area contributed by atoms with Gasteiger partial charge < -0.3 is 10.1 Å². The molecule has 0 radical (unpaired) electrons. The van der Waals surface area contributed by atoms with Crippen LogP contribution in [0.2, 0.25) is 0 Å². The van der Waals surface area contributed by atoms with Gasteiger partial charge in [-0.25, -0.2) is 0 Å². The lowest BCUT2D eigenvalue weighted by molar-refractivity contribution is -0.119. The second kappa shape index (κ2) is 8.87. The van der Waals surface area contributed by atoms with Crippen LogP contribution >= 0.6 is 0 Å². The maximum absolute atomic E-state index is 12.8. The molecule has 2 aliphatic heterocycles. The maximum Gasteiger partial charge on any atom is 0.217 e. The Kier molecular flexibility index (Phi) is 6.15. The molecule has 1 fully saturated rings. The number of nitrogens with one attached hydrogen (secondary N) is 1. The molecule has 0 aromatic heterocycles. The molecule has 0 unspecified atom stereocenters. The van der Waals surface area contributed by atoms with Gasteiger partial charge in [0.1, 0.15) is 11.4 Å². The Bertz CT molecular complexity index is 1040. The number of nitrogens with zero attached hydrogens (tertiary/aromatic N) is 1. The zero-order chi connectivity index (χ0) is 22.9. The van der Waals surface area contributed by atoms with Crippen LogP contribution in [0, 0.1) is 6.92 Å². The molecule has 4 rings (SSSR count). The second-order valence-electron chi connectivity index (χ2n) is 9.13. The quantitative estimate of drug-likeness (QED) is 0.723. The Morgan fingerprint density at radius 3 is 2.47 bits per heavy atom. The normalized spacial score (nSPS) is 18.5. The Hall–Kier alpha value is -2.99. The van der Waals surface area contributed by atoms with E-state index in [2.05, 4.69) is 10.2 Å². The number of aryl methyl sites for hydroxylation is 1. The summed E-state index contributed by atoms with van der Waals surface area (Å²) in [5, 5.41) is 2.85. The number of piperidine rings is 1. The Labute approximate surface area is 188 Å². The van der Waals surface area contributed by atoms with Gasteiger partial charge in [0.05, 0.1) is 24.6 Å². The van der Waals surface area contributed by atoms with E-state index >= 15 is 0 Å².